The van der Waals surface area contributed by atoms with Crippen molar-refractivity contribution in [3.63, 3.8) is 0 Å². The zero-order valence-corrected chi connectivity index (χ0v) is 16.6. The molecule has 1 saturated heterocycles. The number of nitrogens with one attached hydrogen (secondary N) is 3. The molecule has 0 saturated carbocycles. The van der Waals surface area contributed by atoms with Crippen molar-refractivity contribution in [3.05, 3.63) is 48.0 Å². The minimum absolute atomic E-state index is 0.0402. The lowest BCUT2D eigenvalue weighted by atomic mass is 10.0. The van der Waals surface area contributed by atoms with Gasteiger partial charge in [-0.1, -0.05) is 0 Å². The van der Waals surface area contributed by atoms with E-state index in [1.807, 2.05) is 30.3 Å². The highest BCUT2D eigenvalue weighted by Crippen LogP contribution is 2.27. The van der Waals surface area contributed by atoms with Crippen LogP contribution in [0.5, 0.6) is 5.75 Å². The molecule has 3 N–H and O–H groups in total. The number of amides is 4. The largest absolute Gasteiger partial charge is 0.494 e. The second-order valence-electron chi connectivity index (χ2n) is 7.30. The van der Waals surface area contributed by atoms with Crippen LogP contribution in [-0.2, 0) is 16.0 Å². The Balaban J connectivity index is 1.20. The third-order valence-corrected chi connectivity index (χ3v) is 5.11. The zero-order valence-electron chi connectivity index (χ0n) is 16.6. The second kappa shape index (κ2) is 8.86. The molecule has 8 nitrogen and oxygen atoms in total. The van der Waals surface area contributed by atoms with Crippen molar-refractivity contribution in [1.29, 1.82) is 0 Å². The van der Waals surface area contributed by atoms with E-state index in [0.717, 1.165) is 22.7 Å². The molecular weight excluding hydrogens is 384 g/mol. The maximum atomic E-state index is 12.2. The molecule has 2 aromatic carbocycles. The standard InChI is InChI=1S/C22H24N4O4/c27-20(24-16-4-6-17(7-5-16)26-12-11-23-22(26)29)2-1-13-30-18-8-9-19-15(14-18)3-10-21(28)25-19/h4-9,14H,1-3,10-13H2,(H,23,29)(H,24,27)(H,25,28). The monoisotopic (exact) mass is 408 g/mol. The number of urea groups is 1. The molecule has 8 heteroatoms. The van der Waals surface area contributed by atoms with E-state index in [4.69, 9.17) is 4.74 Å². The van der Waals surface area contributed by atoms with Crippen molar-refractivity contribution in [2.75, 3.05) is 35.2 Å². The lowest BCUT2D eigenvalue weighted by molar-refractivity contribution is -0.117. The van der Waals surface area contributed by atoms with E-state index in [-0.39, 0.29) is 17.8 Å². The van der Waals surface area contributed by atoms with Crippen molar-refractivity contribution in [3.8, 4) is 5.75 Å². The van der Waals surface area contributed by atoms with Gasteiger partial charge in [0.25, 0.3) is 0 Å². The molecular formula is C22H24N4O4. The van der Waals surface area contributed by atoms with Gasteiger partial charge in [-0.15, -0.1) is 0 Å². The van der Waals surface area contributed by atoms with Gasteiger partial charge in [0.15, 0.2) is 0 Å². The second-order valence-corrected chi connectivity index (χ2v) is 7.30. The van der Waals surface area contributed by atoms with Gasteiger partial charge in [-0.3, -0.25) is 14.5 Å². The Hall–Kier alpha value is -3.55. The number of nitrogens with zero attached hydrogens (tertiary/aromatic N) is 1. The molecule has 0 spiro atoms. The van der Waals surface area contributed by atoms with Crippen LogP contribution < -0.4 is 25.6 Å². The molecule has 0 aromatic heterocycles. The van der Waals surface area contributed by atoms with Gasteiger partial charge in [0, 0.05) is 43.0 Å². The van der Waals surface area contributed by atoms with Crippen LogP contribution in [0.1, 0.15) is 24.8 Å². The van der Waals surface area contributed by atoms with Crippen molar-refractivity contribution in [2.45, 2.75) is 25.7 Å². The zero-order chi connectivity index (χ0) is 20.9. The Kier molecular flexibility index (Phi) is 5.83. The molecule has 4 rings (SSSR count). The van der Waals surface area contributed by atoms with E-state index in [9.17, 15) is 14.4 Å². The van der Waals surface area contributed by atoms with E-state index in [1.165, 1.54) is 0 Å². The van der Waals surface area contributed by atoms with Crippen LogP contribution >= 0.6 is 0 Å². The number of anilines is 3. The number of hydrogen-bond acceptors (Lipinski definition) is 4. The lowest BCUT2D eigenvalue weighted by Gasteiger charge is -2.17. The number of carbonyl (C=O) groups excluding carboxylic acids is 3. The van der Waals surface area contributed by atoms with E-state index >= 15 is 0 Å². The Morgan fingerprint density at radius 2 is 1.93 bits per heavy atom. The first-order chi connectivity index (χ1) is 14.6. The van der Waals surface area contributed by atoms with E-state index in [2.05, 4.69) is 16.0 Å². The number of benzene rings is 2. The number of fused-ring (bicyclic) bond motifs is 1. The van der Waals surface area contributed by atoms with Gasteiger partial charge in [0.05, 0.1) is 6.61 Å². The first kappa shape index (κ1) is 19.8. The van der Waals surface area contributed by atoms with Crippen molar-refractivity contribution < 1.29 is 19.1 Å². The van der Waals surface area contributed by atoms with Crippen LogP contribution in [-0.4, -0.2) is 37.5 Å². The van der Waals surface area contributed by atoms with Crippen LogP contribution in [0, 0.1) is 0 Å². The average Bonchev–Trinajstić information content (AvgIpc) is 3.17. The van der Waals surface area contributed by atoms with Crippen LogP contribution in [0.2, 0.25) is 0 Å². The lowest BCUT2D eigenvalue weighted by Crippen LogP contribution is -2.27. The van der Waals surface area contributed by atoms with E-state index in [1.54, 1.807) is 17.0 Å². The minimum Gasteiger partial charge on any atom is -0.494 e. The Morgan fingerprint density at radius 1 is 1.10 bits per heavy atom. The Morgan fingerprint density at radius 3 is 2.70 bits per heavy atom. The quantitative estimate of drug-likeness (QED) is 0.614. The molecule has 0 unspecified atom stereocenters. The molecule has 30 heavy (non-hydrogen) atoms. The van der Waals surface area contributed by atoms with Crippen LogP contribution in [0.25, 0.3) is 0 Å². The smallest absolute Gasteiger partial charge is 0.321 e. The first-order valence-corrected chi connectivity index (χ1v) is 10.1. The van der Waals surface area contributed by atoms with Crippen molar-refractivity contribution >= 4 is 34.9 Å². The summed E-state index contributed by atoms with van der Waals surface area (Å²) in [6.45, 7) is 1.71. The summed E-state index contributed by atoms with van der Waals surface area (Å²) in [5, 5.41) is 8.47. The predicted molar refractivity (Wildman–Crippen MR) is 114 cm³/mol. The summed E-state index contributed by atoms with van der Waals surface area (Å²) in [5.41, 5.74) is 3.41. The summed E-state index contributed by atoms with van der Waals surface area (Å²) >= 11 is 0. The molecule has 0 bridgehead atoms. The molecule has 2 aliphatic rings. The average molecular weight is 408 g/mol. The maximum Gasteiger partial charge on any atom is 0.321 e. The fraction of sp³-hybridized carbons (Fsp3) is 0.318. The van der Waals surface area contributed by atoms with Gasteiger partial charge in [-0.2, -0.15) is 0 Å². The summed E-state index contributed by atoms with van der Waals surface area (Å²) in [6.07, 6.45) is 2.13. The third-order valence-electron chi connectivity index (χ3n) is 5.11. The van der Waals surface area contributed by atoms with Crippen molar-refractivity contribution in [1.82, 2.24) is 5.32 Å². The third kappa shape index (κ3) is 4.71. The van der Waals surface area contributed by atoms with Crippen molar-refractivity contribution in [2.24, 2.45) is 0 Å². The molecule has 4 amide bonds. The fourth-order valence-corrected chi connectivity index (χ4v) is 3.54. The van der Waals surface area contributed by atoms with Gasteiger partial charge in [0.1, 0.15) is 5.75 Å². The predicted octanol–water partition coefficient (Wildman–Crippen LogP) is 2.90. The number of ether oxygens (including phenoxy) is 1. The maximum absolute atomic E-state index is 12.2. The van der Waals surface area contributed by atoms with Crippen LogP contribution in [0.4, 0.5) is 21.9 Å². The summed E-state index contributed by atoms with van der Waals surface area (Å²) in [7, 11) is 0. The summed E-state index contributed by atoms with van der Waals surface area (Å²) in [4.78, 5) is 36.9. The molecule has 0 atom stereocenters. The molecule has 1 fully saturated rings. The van der Waals surface area contributed by atoms with E-state index < -0.39 is 0 Å². The minimum atomic E-state index is -0.101. The molecule has 0 radical (unpaired) electrons. The van der Waals surface area contributed by atoms with Gasteiger partial charge in [0.2, 0.25) is 11.8 Å². The van der Waals surface area contributed by atoms with Gasteiger partial charge in [-0.05, 0) is 60.9 Å². The normalized spacial score (nSPS) is 15.3. The molecule has 2 aromatic rings. The van der Waals surface area contributed by atoms with Crippen LogP contribution in [0.3, 0.4) is 0 Å². The topological polar surface area (TPSA) is 99.8 Å². The van der Waals surface area contributed by atoms with Gasteiger partial charge >= 0.3 is 6.03 Å². The van der Waals surface area contributed by atoms with E-state index in [0.29, 0.717) is 51.1 Å². The number of carbonyl (C=O) groups is 3. The Labute approximate surface area is 174 Å². The number of rotatable bonds is 7. The highest BCUT2D eigenvalue weighted by molar-refractivity contribution is 5.95. The summed E-state index contributed by atoms with van der Waals surface area (Å²) < 4.78 is 5.75. The highest BCUT2D eigenvalue weighted by Gasteiger charge is 2.20. The number of aryl methyl sites for hydroxylation is 1. The highest BCUT2D eigenvalue weighted by atomic mass is 16.5. The molecule has 156 valence electrons. The fourth-order valence-electron chi connectivity index (χ4n) is 3.54. The summed E-state index contributed by atoms with van der Waals surface area (Å²) in [6, 6.07) is 12.7. The Bertz CT molecular complexity index is 958. The molecule has 2 heterocycles. The summed E-state index contributed by atoms with van der Waals surface area (Å²) in [5.74, 6) is 0.698. The molecule has 2 aliphatic heterocycles. The van der Waals surface area contributed by atoms with Crippen LogP contribution in [0.15, 0.2) is 42.5 Å². The van der Waals surface area contributed by atoms with Gasteiger partial charge in [-0.25, -0.2) is 4.79 Å². The first-order valence-electron chi connectivity index (χ1n) is 10.1. The SMILES string of the molecule is O=C(CCCOc1ccc2c(c1)CCC(=O)N2)Nc1ccc(N2CCNC2=O)cc1. The van der Waals surface area contributed by atoms with Gasteiger partial charge < -0.3 is 20.7 Å². The molecule has 0 aliphatic carbocycles. The number of hydrogen-bond donors (Lipinski definition) is 3.